The van der Waals surface area contributed by atoms with Crippen molar-refractivity contribution < 1.29 is 8.42 Å². The Kier molecular flexibility index (Phi) is 4.37. The fourth-order valence-electron chi connectivity index (χ4n) is 2.10. The average Bonchev–Trinajstić information content (AvgIpc) is 2.90. The minimum absolute atomic E-state index is 0.352. The summed E-state index contributed by atoms with van der Waals surface area (Å²) in [5.74, 6) is 0.412. The average molecular weight is 268 g/mol. The van der Waals surface area contributed by atoms with Crippen LogP contribution in [0, 0.1) is 5.92 Å². The standard InChI is InChI=1S/C13H20N2O2S/c1-2-11-3-5-13(6-4-11)18(16,17)15-10-12-7-8-14-9-12/h3-6,12,14-15H,2,7-10H2,1H3. The van der Waals surface area contributed by atoms with Crippen LogP contribution in [0.5, 0.6) is 0 Å². The predicted octanol–water partition coefficient (Wildman–Crippen LogP) is 1.14. The van der Waals surface area contributed by atoms with Crippen LogP contribution >= 0.6 is 0 Å². The summed E-state index contributed by atoms with van der Waals surface area (Å²) in [5.41, 5.74) is 1.15. The van der Waals surface area contributed by atoms with Crippen LogP contribution in [0.3, 0.4) is 0 Å². The molecule has 1 aromatic carbocycles. The molecular weight excluding hydrogens is 248 g/mol. The highest BCUT2D eigenvalue weighted by molar-refractivity contribution is 7.89. The van der Waals surface area contributed by atoms with E-state index >= 15 is 0 Å². The van der Waals surface area contributed by atoms with Gasteiger partial charge in [-0.3, -0.25) is 0 Å². The normalized spacial score (nSPS) is 20.2. The van der Waals surface area contributed by atoms with E-state index in [0.29, 0.717) is 17.4 Å². The number of aryl methyl sites for hydroxylation is 1. The van der Waals surface area contributed by atoms with Crippen LogP contribution in [-0.2, 0) is 16.4 Å². The topological polar surface area (TPSA) is 58.2 Å². The summed E-state index contributed by atoms with van der Waals surface area (Å²) >= 11 is 0. The molecule has 0 bridgehead atoms. The fourth-order valence-corrected chi connectivity index (χ4v) is 3.22. The lowest BCUT2D eigenvalue weighted by Gasteiger charge is -2.11. The van der Waals surface area contributed by atoms with E-state index in [0.717, 1.165) is 31.5 Å². The van der Waals surface area contributed by atoms with Crippen molar-refractivity contribution in [2.45, 2.75) is 24.7 Å². The zero-order chi connectivity index (χ0) is 13.0. The third-order valence-corrected chi connectivity index (χ3v) is 4.81. The molecule has 0 spiro atoms. The van der Waals surface area contributed by atoms with Gasteiger partial charge in [0.2, 0.25) is 10.0 Å². The zero-order valence-electron chi connectivity index (χ0n) is 10.6. The molecule has 4 nitrogen and oxygen atoms in total. The molecule has 100 valence electrons. The molecule has 2 rings (SSSR count). The van der Waals surface area contributed by atoms with Gasteiger partial charge in [-0.15, -0.1) is 0 Å². The van der Waals surface area contributed by atoms with Crippen LogP contribution in [0.2, 0.25) is 0 Å². The van der Waals surface area contributed by atoms with Crippen LogP contribution in [0.25, 0.3) is 0 Å². The molecule has 1 aliphatic rings. The molecule has 0 aliphatic carbocycles. The second-order valence-electron chi connectivity index (χ2n) is 4.71. The number of sulfonamides is 1. The van der Waals surface area contributed by atoms with Crippen molar-refractivity contribution in [1.29, 1.82) is 0 Å². The van der Waals surface area contributed by atoms with Crippen molar-refractivity contribution in [3.63, 3.8) is 0 Å². The Morgan fingerprint density at radius 2 is 2.06 bits per heavy atom. The van der Waals surface area contributed by atoms with E-state index in [1.54, 1.807) is 12.1 Å². The SMILES string of the molecule is CCc1ccc(S(=O)(=O)NCC2CCNC2)cc1. The Morgan fingerprint density at radius 3 is 2.61 bits per heavy atom. The summed E-state index contributed by atoms with van der Waals surface area (Å²) in [6.45, 7) is 4.45. The lowest BCUT2D eigenvalue weighted by molar-refractivity contribution is 0.539. The maximum atomic E-state index is 12.1. The minimum Gasteiger partial charge on any atom is -0.316 e. The van der Waals surface area contributed by atoms with Gasteiger partial charge in [-0.05, 0) is 49.5 Å². The highest BCUT2D eigenvalue weighted by Crippen LogP contribution is 2.12. The van der Waals surface area contributed by atoms with E-state index in [1.807, 2.05) is 12.1 Å². The molecule has 18 heavy (non-hydrogen) atoms. The molecular formula is C13H20N2O2S. The summed E-state index contributed by atoms with van der Waals surface area (Å²) in [4.78, 5) is 0.352. The van der Waals surface area contributed by atoms with E-state index in [4.69, 9.17) is 0 Å². The van der Waals surface area contributed by atoms with E-state index in [-0.39, 0.29) is 0 Å². The van der Waals surface area contributed by atoms with Gasteiger partial charge in [-0.1, -0.05) is 19.1 Å². The molecule has 0 radical (unpaired) electrons. The van der Waals surface area contributed by atoms with E-state index in [9.17, 15) is 8.42 Å². The smallest absolute Gasteiger partial charge is 0.240 e. The van der Waals surface area contributed by atoms with Crippen LogP contribution in [0.15, 0.2) is 29.2 Å². The molecule has 0 amide bonds. The number of hydrogen-bond acceptors (Lipinski definition) is 3. The van der Waals surface area contributed by atoms with Crippen molar-refractivity contribution in [3.8, 4) is 0 Å². The van der Waals surface area contributed by atoms with Gasteiger partial charge in [0.05, 0.1) is 4.90 Å². The Balaban J connectivity index is 2.00. The summed E-state index contributed by atoms with van der Waals surface area (Å²) in [6, 6.07) is 7.08. The first-order valence-electron chi connectivity index (χ1n) is 6.41. The summed E-state index contributed by atoms with van der Waals surface area (Å²) < 4.78 is 26.8. The second kappa shape index (κ2) is 5.82. The third-order valence-electron chi connectivity index (χ3n) is 3.37. The largest absolute Gasteiger partial charge is 0.316 e. The Bertz CT molecular complexity index is 476. The van der Waals surface area contributed by atoms with Crippen molar-refractivity contribution in [2.24, 2.45) is 5.92 Å². The molecule has 0 saturated carbocycles. The van der Waals surface area contributed by atoms with Crippen LogP contribution in [0.4, 0.5) is 0 Å². The van der Waals surface area contributed by atoms with Crippen molar-refractivity contribution in [2.75, 3.05) is 19.6 Å². The predicted molar refractivity (Wildman–Crippen MR) is 72.0 cm³/mol. The summed E-state index contributed by atoms with van der Waals surface area (Å²) in [6.07, 6.45) is 1.96. The number of hydrogen-bond donors (Lipinski definition) is 2. The maximum Gasteiger partial charge on any atom is 0.240 e. The second-order valence-corrected chi connectivity index (χ2v) is 6.48. The highest BCUT2D eigenvalue weighted by atomic mass is 32.2. The fraction of sp³-hybridized carbons (Fsp3) is 0.538. The van der Waals surface area contributed by atoms with Gasteiger partial charge in [0, 0.05) is 6.54 Å². The molecule has 5 heteroatoms. The molecule has 1 atom stereocenters. The third kappa shape index (κ3) is 3.31. The lowest BCUT2D eigenvalue weighted by Crippen LogP contribution is -2.30. The monoisotopic (exact) mass is 268 g/mol. The lowest BCUT2D eigenvalue weighted by atomic mass is 10.1. The minimum atomic E-state index is -3.35. The van der Waals surface area contributed by atoms with Crippen LogP contribution in [-0.4, -0.2) is 28.1 Å². The number of rotatable bonds is 5. The van der Waals surface area contributed by atoms with Gasteiger partial charge >= 0.3 is 0 Å². The van der Waals surface area contributed by atoms with Gasteiger partial charge in [0.15, 0.2) is 0 Å². The van der Waals surface area contributed by atoms with Gasteiger partial charge in [0.1, 0.15) is 0 Å². The molecule has 1 unspecified atom stereocenters. The first-order chi connectivity index (χ1) is 8.62. The van der Waals surface area contributed by atoms with Crippen LogP contribution < -0.4 is 10.0 Å². The molecule has 0 aromatic heterocycles. The van der Waals surface area contributed by atoms with Crippen LogP contribution in [0.1, 0.15) is 18.9 Å². The van der Waals surface area contributed by atoms with Gasteiger partial charge in [-0.25, -0.2) is 13.1 Å². The molecule has 1 saturated heterocycles. The highest BCUT2D eigenvalue weighted by Gasteiger charge is 2.19. The van der Waals surface area contributed by atoms with Crippen molar-refractivity contribution >= 4 is 10.0 Å². The number of nitrogens with one attached hydrogen (secondary N) is 2. The summed E-state index contributed by atoms with van der Waals surface area (Å²) in [7, 11) is -3.35. The Morgan fingerprint density at radius 1 is 1.33 bits per heavy atom. The quantitative estimate of drug-likeness (QED) is 0.842. The molecule has 1 aliphatic heterocycles. The molecule has 1 fully saturated rings. The van der Waals surface area contributed by atoms with E-state index in [1.165, 1.54) is 0 Å². The Labute approximate surface area is 109 Å². The number of benzene rings is 1. The zero-order valence-corrected chi connectivity index (χ0v) is 11.5. The van der Waals surface area contributed by atoms with Gasteiger partial charge < -0.3 is 5.32 Å². The molecule has 1 aromatic rings. The molecule has 1 heterocycles. The van der Waals surface area contributed by atoms with Crippen molar-refractivity contribution in [1.82, 2.24) is 10.0 Å². The van der Waals surface area contributed by atoms with Crippen molar-refractivity contribution in [3.05, 3.63) is 29.8 Å². The van der Waals surface area contributed by atoms with E-state index < -0.39 is 10.0 Å². The van der Waals surface area contributed by atoms with Gasteiger partial charge in [0.25, 0.3) is 0 Å². The molecule has 2 N–H and O–H groups in total. The Hall–Kier alpha value is -0.910. The summed E-state index contributed by atoms with van der Waals surface area (Å²) in [5, 5.41) is 3.23. The van der Waals surface area contributed by atoms with Gasteiger partial charge in [-0.2, -0.15) is 0 Å². The maximum absolute atomic E-state index is 12.1. The first-order valence-corrected chi connectivity index (χ1v) is 7.89. The van der Waals surface area contributed by atoms with E-state index in [2.05, 4.69) is 17.0 Å². The first kappa shape index (κ1) is 13.5.